The maximum absolute atomic E-state index is 11.6. The molecule has 6 heteroatoms. The molecule has 0 aliphatic carbocycles. The van der Waals surface area contributed by atoms with Crippen LogP contribution in [0.3, 0.4) is 0 Å². The Bertz CT molecular complexity index is 649. The second kappa shape index (κ2) is 5.63. The van der Waals surface area contributed by atoms with Crippen LogP contribution in [0.1, 0.15) is 4.88 Å². The molecule has 4 nitrogen and oxygen atoms in total. The van der Waals surface area contributed by atoms with E-state index in [1.54, 1.807) is 23.5 Å². The van der Waals surface area contributed by atoms with E-state index in [9.17, 15) is 8.42 Å². The van der Waals surface area contributed by atoms with Gasteiger partial charge in [-0.3, -0.25) is 0 Å². The molecule has 3 N–H and O–H groups in total. The van der Waals surface area contributed by atoms with E-state index in [1.165, 1.54) is 10.9 Å². The Hall–Kier alpha value is -1.53. The highest BCUT2D eigenvalue weighted by Crippen LogP contribution is 2.26. The summed E-state index contributed by atoms with van der Waals surface area (Å²) in [6.07, 6.45) is 2.05. The third-order valence-corrected chi connectivity index (χ3v) is 4.82. The van der Waals surface area contributed by atoms with E-state index < -0.39 is 9.84 Å². The van der Waals surface area contributed by atoms with Crippen molar-refractivity contribution in [2.45, 2.75) is 11.3 Å². The molecule has 0 aliphatic rings. The molecule has 1 aromatic carbocycles. The van der Waals surface area contributed by atoms with Crippen LogP contribution in [0, 0.1) is 0 Å². The second-order valence-electron chi connectivity index (χ2n) is 4.25. The molecule has 0 saturated carbocycles. The lowest BCUT2D eigenvalue weighted by atomic mass is 10.2. The first-order valence-electron chi connectivity index (χ1n) is 5.83. The summed E-state index contributed by atoms with van der Waals surface area (Å²) in [7, 11) is -3.29. The third kappa shape index (κ3) is 3.48. The molecule has 0 fully saturated rings. The average molecular weight is 296 g/mol. The molecule has 0 saturated heterocycles. The Morgan fingerprint density at radius 3 is 2.68 bits per heavy atom. The SMILES string of the molecule is CS(=O)(=O)c1cccc(NCCc2cccs2)c1N. The van der Waals surface area contributed by atoms with Gasteiger partial charge in [-0.25, -0.2) is 8.42 Å². The first-order chi connectivity index (χ1) is 8.98. The van der Waals surface area contributed by atoms with E-state index in [4.69, 9.17) is 5.73 Å². The first kappa shape index (κ1) is 13.9. The molecule has 0 bridgehead atoms. The van der Waals surface area contributed by atoms with Crippen LogP contribution in [-0.4, -0.2) is 21.2 Å². The summed E-state index contributed by atoms with van der Waals surface area (Å²) in [6.45, 7) is 0.720. The number of anilines is 2. The summed E-state index contributed by atoms with van der Waals surface area (Å²) < 4.78 is 23.1. The highest BCUT2D eigenvalue weighted by molar-refractivity contribution is 7.90. The summed E-state index contributed by atoms with van der Waals surface area (Å²) >= 11 is 1.70. The van der Waals surface area contributed by atoms with Gasteiger partial charge in [0.15, 0.2) is 9.84 Å². The molecule has 0 radical (unpaired) electrons. The summed E-state index contributed by atoms with van der Waals surface area (Å²) in [4.78, 5) is 1.46. The van der Waals surface area contributed by atoms with Crippen molar-refractivity contribution >= 4 is 32.5 Å². The zero-order valence-corrected chi connectivity index (χ0v) is 12.2. The molecule has 1 heterocycles. The van der Waals surface area contributed by atoms with Crippen LogP contribution in [0.4, 0.5) is 11.4 Å². The predicted molar refractivity (Wildman–Crippen MR) is 80.5 cm³/mol. The molecule has 2 rings (SSSR count). The minimum absolute atomic E-state index is 0.175. The second-order valence-corrected chi connectivity index (χ2v) is 7.26. The van der Waals surface area contributed by atoms with E-state index in [2.05, 4.69) is 11.4 Å². The minimum atomic E-state index is -3.29. The lowest BCUT2D eigenvalue weighted by Gasteiger charge is -2.11. The Morgan fingerprint density at radius 2 is 2.05 bits per heavy atom. The fourth-order valence-electron chi connectivity index (χ4n) is 1.80. The Balaban J connectivity index is 2.09. The van der Waals surface area contributed by atoms with Crippen molar-refractivity contribution in [3.63, 3.8) is 0 Å². The van der Waals surface area contributed by atoms with Crippen LogP contribution in [0.5, 0.6) is 0 Å². The predicted octanol–water partition coefficient (Wildman–Crippen LogP) is 2.39. The number of rotatable bonds is 5. The molecule has 19 heavy (non-hydrogen) atoms. The first-order valence-corrected chi connectivity index (χ1v) is 8.60. The Kier molecular flexibility index (Phi) is 4.11. The minimum Gasteiger partial charge on any atom is -0.396 e. The van der Waals surface area contributed by atoms with Gasteiger partial charge in [0.25, 0.3) is 0 Å². The fourth-order valence-corrected chi connectivity index (χ4v) is 3.34. The number of nitrogens with one attached hydrogen (secondary N) is 1. The highest BCUT2D eigenvalue weighted by Gasteiger charge is 2.13. The Morgan fingerprint density at radius 1 is 1.26 bits per heavy atom. The van der Waals surface area contributed by atoms with Gasteiger partial charge in [0.2, 0.25) is 0 Å². The lowest BCUT2D eigenvalue weighted by molar-refractivity contribution is 0.602. The van der Waals surface area contributed by atoms with Gasteiger partial charge < -0.3 is 11.1 Å². The van der Waals surface area contributed by atoms with Crippen LogP contribution in [0.25, 0.3) is 0 Å². The summed E-state index contributed by atoms with van der Waals surface area (Å²) in [5, 5.41) is 5.22. The molecular formula is C13H16N2O2S2. The van der Waals surface area contributed by atoms with Crippen LogP contribution in [0.15, 0.2) is 40.6 Å². The van der Waals surface area contributed by atoms with Crippen molar-refractivity contribution in [3.05, 3.63) is 40.6 Å². The highest BCUT2D eigenvalue weighted by atomic mass is 32.2. The van der Waals surface area contributed by atoms with E-state index >= 15 is 0 Å². The van der Waals surface area contributed by atoms with Crippen LogP contribution >= 0.6 is 11.3 Å². The molecule has 0 amide bonds. The van der Waals surface area contributed by atoms with Crippen molar-refractivity contribution in [1.82, 2.24) is 0 Å². The molecule has 2 aromatic rings. The monoisotopic (exact) mass is 296 g/mol. The molecule has 1 aromatic heterocycles. The maximum Gasteiger partial charge on any atom is 0.177 e. The smallest absolute Gasteiger partial charge is 0.177 e. The molecule has 0 aliphatic heterocycles. The zero-order chi connectivity index (χ0) is 13.9. The van der Waals surface area contributed by atoms with Gasteiger partial charge in [-0.2, -0.15) is 0 Å². The average Bonchev–Trinajstić information content (AvgIpc) is 2.83. The number of benzene rings is 1. The number of nitrogens with two attached hydrogens (primary N) is 1. The lowest BCUT2D eigenvalue weighted by Crippen LogP contribution is -2.09. The summed E-state index contributed by atoms with van der Waals surface area (Å²) in [5.74, 6) is 0. The van der Waals surface area contributed by atoms with Crippen LogP contribution in [0.2, 0.25) is 0 Å². The number of hydrogen-bond acceptors (Lipinski definition) is 5. The molecule has 0 spiro atoms. The topological polar surface area (TPSA) is 72.2 Å². The van der Waals surface area contributed by atoms with Gasteiger partial charge in [0.05, 0.1) is 16.3 Å². The standard InChI is InChI=1S/C13H16N2O2S2/c1-19(16,17)12-6-2-5-11(13(12)14)15-8-7-10-4-3-9-18-10/h2-6,9,15H,7-8,14H2,1H3. The van der Waals surface area contributed by atoms with Gasteiger partial charge in [0.1, 0.15) is 0 Å². The third-order valence-electron chi connectivity index (χ3n) is 2.73. The molecule has 102 valence electrons. The van der Waals surface area contributed by atoms with Gasteiger partial charge in [0, 0.05) is 17.7 Å². The van der Waals surface area contributed by atoms with Gasteiger partial charge >= 0.3 is 0 Å². The van der Waals surface area contributed by atoms with Crippen LogP contribution < -0.4 is 11.1 Å². The van der Waals surface area contributed by atoms with E-state index in [1.807, 2.05) is 11.4 Å². The van der Waals surface area contributed by atoms with Crippen molar-refractivity contribution < 1.29 is 8.42 Å². The maximum atomic E-state index is 11.6. The van der Waals surface area contributed by atoms with Gasteiger partial charge in [-0.1, -0.05) is 12.1 Å². The number of sulfone groups is 1. The van der Waals surface area contributed by atoms with Crippen molar-refractivity contribution in [2.24, 2.45) is 0 Å². The summed E-state index contributed by atoms with van der Waals surface area (Å²) in [6, 6.07) is 9.09. The quantitative estimate of drug-likeness (QED) is 0.831. The van der Waals surface area contributed by atoms with Gasteiger partial charge in [-0.05, 0) is 30.0 Å². The molecule has 0 unspecified atom stereocenters. The van der Waals surface area contributed by atoms with Crippen molar-refractivity contribution in [2.75, 3.05) is 23.9 Å². The molecular weight excluding hydrogens is 280 g/mol. The van der Waals surface area contributed by atoms with Gasteiger partial charge in [-0.15, -0.1) is 11.3 Å². The number of thiophene rings is 1. The Labute approximate surface area is 117 Å². The van der Waals surface area contributed by atoms with Crippen molar-refractivity contribution in [3.8, 4) is 0 Å². The number of nitrogen functional groups attached to an aromatic ring is 1. The van der Waals surface area contributed by atoms with E-state index in [0.717, 1.165) is 19.2 Å². The van der Waals surface area contributed by atoms with Crippen LogP contribution in [-0.2, 0) is 16.3 Å². The normalized spacial score (nSPS) is 11.4. The largest absolute Gasteiger partial charge is 0.396 e. The molecule has 0 atom stereocenters. The number of hydrogen-bond donors (Lipinski definition) is 2. The fraction of sp³-hybridized carbons (Fsp3) is 0.231. The van der Waals surface area contributed by atoms with E-state index in [-0.39, 0.29) is 10.6 Å². The van der Waals surface area contributed by atoms with E-state index in [0.29, 0.717) is 5.69 Å². The van der Waals surface area contributed by atoms with Crippen molar-refractivity contribution in [1.29, 1.82) is 0 Å². The number of para-hydroxylation sites is 1. The summed E-state index contributed by atoms with van der Waals surface area (Å²) in [5.41, 5.74) is 6.84. The zero-order valence-electron chi connectivity index (χ0n) is 10.6.